The number of rotatable bonds is 9. The topological polar surface area (TPSA) is 82.3 Å². The summed E-state index contributed by atoms with van der Waals surface area (Å²) in [6.07, 6.45) is 1.53. The van der Waals surface area contributed by atoms with Gasteiger partial charge in [0.15, 0.2) is 28.6 Å². The SMILES string of the molecule is CCOc1cc(/C=N\NC(=O)c2cc3cccc(OC)c3o2)ccc1OCc1ccccc1. The van der Waals surface area contributed by atoms with E-state index in [4.69, 9.17) is 18.6 Å². The van der Waals surface area contributed by atoms with Gasteiger partial charge in [-0.1, -0.05) is 42.5 Å². The van der Waals surface area contributed by atoms with Crippen LogP contribution in [0.1, 0.15) is 28.6 Å². The molecule has 0 fully saturated rings. The van der Waals surface area contributed by atoms with Crippen LogP contribution in [0.25, 0.3) is 11.0 Å². The molecule has 0 atom stereocenters. The van der Waals surface area contributed by atoms with Gasteiger partial charge in [-0.05, 0) is 48.4 Å². The van der Waals surface area contributed by atoms with Gasteiger partial charge in [-0.3, -0.25) is 4.79 Å². The summed E-state index contributed by atoms with van der Waals surface area (Å²) in [6.45, 7) is 2.84. The Balaban J connectivity index is 1.43. The van der Waals surface area contributed by atoms with Gasteiger partial charge in [-0.2, -0.15) is 5.10 Å². The van der Waals surface area contributed by atoms with E-state index in [-0.39, 0.29) is 5.76 Å². The average Bonchev–Trinajstić information content (AvgIpc) is 3.29. The summed E-state index contributed by atoms with van der Waals surface area (Å²) in [5.41, 5.74) is 4.81. The molecule has 168 valence electrons. The lowest BCUT2D eigenvalue weighted by molar-refractivity contribution is 0.0929. The van der Waals surface area contributed by atoms with E-state index < -0.39 is 5.91 Å². The van der Waals surface area contributed by atoms with E-state index in [1.54, 1.807) is 19.2 Å². The highest BCUT2D eigenvalue weighted by Crippen LogP contribution is 2.29. The van der Waals surface area contributed by atoms with Gasteiger partial charge in [0.2, 0.25) is 0 Å². The molecule has 0 spiro atoms. The van der Waals surface area contributed by atoms with Crippen LogP contribution in [-0.4, -0.2) is 25.8 Å². The Morgan fingerprint density at radius 2 is 1.82 bits per heavy atom. The first-order valence-electron chi connectivity index (χ1n) is 10.5. The van der Waals surface area contributed by atoms with Crippen molar-refractivity contribution in [3.05, 3.63) is 89.7 Å². The number of nitrogens with one attached hydrogen (secondary N) is 1. The molecule has 0 radical (unpaired) electrons. The van der Waals surface area contributed by atoms with Gasteiger partial charge in [0, 0.05) is 5.39 Å². The molecular weight excluding hydrogens is 420 g/mol. The summed E-state index contributed by atoms with van der Waals surface area (Å²) in [5, 5.41) is 4.82. The van der Waals surface area contributed by atoms with Crippen molar-refractivity contribution in [1.29, 1.82) is 0 Å². The third-order valence-corrected chi connectivity index (χ3v) is 4.84. The molecule has 0 unspecified atom stereocenters. The monoisotopic (exact) mass is 444 g/mol. The second kappa shape index (κ2) is 10.4. The molecule has 0 aliphatic carbocycles. The molecule has 1 aromatic heterocycles. The van der Waals surface area contributed by atoms with Crippen molar-refractivity contribution >= 4 is 23.1 Å². The highest BCUT2D eigenvalue weighted by molar-refractivity contribution is 5.97. The molecule has 1 N–H and O–H groups in total. The quantitative estimate of drug-likeness (QED) is 0.284. The number of amides is 1. The highest BCUT2D eigenvalue weighted by Gasteiger charge is 2.14. The van der Waals surface area contributed by atoms with Crippen molar-refractivity contribution in [3.8, 4) is 17.2 Å². The number of para-hydroxylation sites is 1. The Hall–Kier alpha value is -4.26. The first-order chi connectivity index (χ1) is 16.2. The summed E-state index contributed by atoms with van der Waals surface area (Å²) < 4.78 is 22.5. The molecule has 4 aromatic rings. The van der Waals surface area contributed by atoms with Gasteiger partial charge in [0.1, 0.15) is 6.61 Å². The second-order valence-corrected chi connectivity index (χ2v) is 7.10. The van der Waals surface area contributed by atoms with Crippen LogP contribution in [-0.2, 0) is 6.61 Å². The van der Waals surface area contributed by atoms with E-state index in [2.05, 4.69) is 10.5 Å². The van der Waals surface area contributed by atoms with Crippen LogP contribution in [0.4, 0.5) is 0 Å². The van der Waals surface area contributed by atoms with Gasteiger partial charge >= 0.3 is 5.91 Å². The fraction of sp³-hybridized carbons (Fsp3) is 0.154. The van der Waals surface area contributed by atoms with Gasteiger partial charge in [-0.15, -0.1) is 0 Å². The van der Waals surface area contributed by atoms with Crippen LogP contribution in [0.5, 0.6) is 17.2 Å². The lowest BCUT2D eigenvalue weighted by atomic mass is 10.2. The van der Waals surface area contributed by atoms with E-state index in [0.29, 0.717) is 36.0 Å². The van der Waals surface area contributed by atoms with E-state index in [9.17, 15) is 4.79 Å². The maximum Gasteiger partial charge on any atom is 0.307 e. The second-order valence-electron chi connectivity index (χ2n) is 7.10. The molecule has 4 rings (SSSR count). The standard InChI is InChI=1S/C26H24N2O5/c1-3-31-23-14-19(12-13-21(23)32-17-18-8-5-4-6-9-18)16-27-28-26(29)24-15-20-10-7-11-22(30-2)25(20)33-24/h4-16H,3,17H2,1-2H3,(H,28,29)/b27-16-. The fourth-order valence-electron chi connectivity index (χ4n) is 3.26. The number of carbonyl (C=O) groups excluding carboxylic acids is 1. The van der Waals surface area contributed by atoms with Crippen LogP contribution in [0.3, 0.4) is 0 Å². The van der Waals surface area contributed by atoms with Crippen molar-refractivity contribution in [2.45, 2.75) is 13.5 Å². The molecule has 1 amide bonds. The summed E-state index contributed by atoms with van der Waals surface area (Å²) in [5.74, 6) is 1.49. The first kappa shape index (κ1) is 22.0. The van der Waals surface area contributed by atoms with Gasteiger partial charge in [0.05, 0.1) is 19.9 Å². The number of methoxy groups -OCH3 is 1. The van der Waals surface area contributed by atoms with Crippen molar-refractivity contribution in [2.75, 3.05) is 13.7 Å². The van der Waals surface area contributed by atoms with Crippen LogP contribution >= 0.6 is 0 Å². The molecule has 1 heterocycles. The summed E-state index contributed by atoms with van der Waals surface area (Å²) in [4.78, 5) is 12.4. The molecule has 0 saturated carbocycles. The molecule has 0 bridgehead atoms. The van der Waals surface area contributed by atoms with Gasteiger partial charge in [0.25, 0.3) is 0 Å². The van der Waals surface area contributed by atoms with E-state index in [0.717, 1.165) is 16.5 Å². The predicted molar refractivity (Wildman–Crippen MR) is 126 cm³/mol. The van der Waals surface area contributed by atoms with Crippen LogP contribution < -0.4 is 19.6 Å². The Labute approximate surface area is 191 Å². The summed E-state index contributed by atoms with van der Waals surface area (Å²) in [6, 6.07) is 22.5. The first-order valence-corrected chi connectivity index (χ1v) is 10.5. The minimum absolute atomic E-state index is 0.145. The fourth-order valence-corrected chi connectivity index (χ4v) is 3.26. The normalized spacial score (nSPS) is 11.0. The predicted octanol–water partition coefficient (Wildman–Crippen LogP) is 5.18. The number of hydrazone groups is 1. The zero-order valence-electron chi connectivity index (χ0n) is 18.4. The molecular formula is C26H24N2O5. The number of benzene rings is 3. The zero-order valence-corrected chi connectivity index (χ0v) is 18.4. The molecule has 0 aliphatic rings. The van der Waals surface area contributed by atoms with Crippen LogP contribution in [0, 0.1) is 0 Å². The Morgan fingerprint density at radius 3 is 2.61 bits per heavy atom. The molecule has 7 heteroatoms. The third-order valence-electron chi connectivity index (χ3n) is 4.84. The number of nitrogens with zero attached hydrogens (tertiary/aromatic N) is 1. The summed E-state index contributed by atoms with van der Waals surface area (Å²) in [7, 11) is 1.55. The van der Waals surface area contributed by atoms with Gasteiger partial charge < -0.3 is 18.6 Å². The molecule has 0 saturated heterocycles. The Morgan fingerprint density at radius 1 is 0.970 bits per heavy atom. The van der Waals surface area contributed by atoms with E-state index in [1.165, 1.54) is 6.21 Å². The lowest BCUT2D eigenvalue weighted by Crippen LogP contribution is -2.16. The number of carbonyl (C=O) groups is 1. The van der Waals surface area contributed by atoms with E-state index in [1.807, 2.05) is 67.6 Å². The lowest BCUT2D eigenvalue weighted by Gasteiger charge is -2.12. The number of hydrogen-bond acceptors (Lipinski definition) is 6. The number of furan rings is 1. The third kappa shape index (κ3) is 5.33. The molecule has 7 nitrogen and oxygen atoms in total. The smallest absolute Gasteiger partial charge is 0.307 e. The van der Waals surface area contributed by atoms with Crippen molar-refractivity contribution in [2.24, 2.45) is 5.10 Å². The van der Waals surface area contributed by atoms with Crippen molar-refractivity contribution in [3.63, 3.8) is 0 Å². The largest absolute Gasteiger partial charge is 0.493 e. The molecule has 33 heavy (non-hydrogen) atoms. The number of hydrogen-bond donors (Lipinski definition) is 1. The highest BCUT2D eigenvalue weighted by atomic mass is 16.5. The Kier molecular flexibility index (Phi) is 6.90. The number of ether oxygens (including phenoxy) is 3. The van der Waals surface area contributed by atoms with E-state index >= 15 is 0 Å². The minimum Gasteiger partial charge on any atom is -0.493 e. The van der Waals surface area contributed by atoms with Gasteiger partial charge in [-0.25, -0.2) is 5.43 Å². The maximum atomic E-state index is 12.4. The van der Waals surface area contributed by atoms with Crippen LogP contribution in [0.2, 0.25) is 0 Å². The Bertz CT molecular complexity index is 1260. The molecule has 0 aliphatic heterocycles. The average molecular weight is 444 g/mol. The van der Waals surface area contributed by atoms with Crippen molar-refractivity contribution in [1.82, 2.24) is 5.43 Å². The zero-order chi connectivity index (χ0) is 23.0. The summed E-state index contributed by atoms with van der Waals surface area (Å²) >= 11 is 0. The minimum atomic E-state index is -0.461. The maximum absolute atomic E-state index is 12.4. The van der Waals surface area contributed by atoms with Crippen molar-refractivity contribution < 1.29 is 23.4 Å². The number of fused-ring (bicyclic) bond motifs is 1. The van der Waals surface area contributed by atoms with Crippen LogP contribution in [0.15, 0.2) is 82.3 Å². The molecule has 3 aromatic carbocycles.